The van der Waals surface area contributed by atoms with Crippen molar-refractivity contribution in [1.29, 1.82) is 0 Å². The van der Waals surface area contributed by atoms with Gasteiger partial charge in [-0.3, -0.25) is 4.79 Å². The van der Waals surface area contributed by atoms with E-state index in [0.29, 0.717) is 0 Å². The Labute approximate surface area is 329 Å². The summed E-state index contributed by atoms with van der Waals surface area (Å²) in [6.07, 6.45) is -32.1. The van der Waals surface area contributed by atoms with E-state index in [-0.39, 0.29) is 0 Å². The lowest BCUT2D eigenvalue weighted by Gasteiger charge is -2.49. The average molecular weight is 872 g/mol. The van der Waals surface area contributed by atoms with E-state index in [0.717, 1.165) is 6.92 Å². The Morgan fingerprint density at radius 1 is 0.825 bits per heavy atom. The van der Waals surface area contributed by atoms with Gasteiger partial charge < -0.3 is 109 Å². The van der Waals surface area contributed by atoms with Crippen LogP contribution in [0.5, 0.6) is 0 Å². The Bertz CT molecular complexity index is 1310. The van der Waals surface area contributed by atoms with Crippen LogP contribution < -0.4 is 5.32 Å². The highest BCUT2D eigenvalue weighted by atomic mass is 32.0. The normalized spacial score (nSPS) is 45.8. The summed E-state index contributed by atoms with van der Waals surface area (Å²) in [5.41, 5.74) is 0. The molecule has 0 aliphatic carbocycles. The van der Waals surface area contributed by atoms with E-state index in [1.807, 2.05) is 0 Å². The van der Waals surface area contributed by atoms with Crippen LogP contribution in [0.15, 0.2) is 0 Å². The van der Waals surface area contributed by atoms with E-state index in [4.69, 9.17) is 37.7 Å². The zero-order valence-electron chi connectivity index (χ0n) is 31.0. The lowest BCUT2D eigenvalue weighted by Crippen LogP contribution is -2.69. The number of carbonyl (C=O) groups excluding carboxylic acids is 1. The number of ether oxygens (including phenoxy) is 7. The van der Waals surface area contributed by atoms with Crippen molar-refractivity contribution in [3.63, 3.8) is 0 Å². The smallest absolute Gasteiger partial charge is 0.364 e. The van der Waals surface area contributed by atoms with Crippen molar-refractivity contribution in [2.24, 2.45) is 5.92 Å². The van der Waals surface area contributed by atoms with Crippen molar-refractivity contribution in [2.45, 2.75) is 143 Å². The van der Waals surface area contributed by atoms with Crippen LogP contribution in [0.2, 0.25) is 0 Å². The third kappa shape index (κ3) is 10.9. The summed E-state index contributed by atoms with van der Waals surface area (Å²) in [7, 11) is 1.10. The fraction of sp³-hybridized carbons (Fsp3) is 0.935. The van der Waals surface area contributed by atoms with Crippen LogP contribution >= 0.6 is 16.8 Å². The standard InChI is InChI=1S/C31H55NO23P2/c1-9-11(37)4-31(30(46)47,54-24(9)17(39)12(38)5-33)48-8-15-19(41)21(43)23(45)28(51-15)52-25-14(7-35)50-27(16(20(25)42)32-10(2)36)53-26-22(44)18(40)13(6-34)49-29(26)55-57(3)56/h9,11-29,33-35,37-45H,4-8,56H2,1-3H3,(H,32,36)(H,46,47)/t9-,11-,12-,13?,14?,15?,16?,17-,18-,19+,20-,21+,22+,23?,24?,25-,26?,27+,28+,29-,31-,57?/m1/s1. The van der Waals surface area contributed by atoms with Crippen LogP contribution in [0, 0.1) is 5.92 Å². The minimum atomic E-state index is -2.74. The molecule has 4 rings (SSSR count). The molecule has 24 nitrogen and oxygen atoms in total. The van der Waals surface area contributed by atoms with Crippen LogP contribution in [-0.2, 0) is 47.3 Å². The minimum Gasteiger partial charge on any atom is -0.477 e. The van der Waals surface area contributed by atoms with Gasteiger partial charge in [0, 0.05) is 27.1 Å². The van der Waals surface area contributed by atoms with Gasteiger partial charge >= 0.3 is 5.97 Å². The molecule has 0 saturated carbocycles. The Morgan fingerprint density at radius 2 is 1.40 bits per heavy atom. The van der Waals surface area contributed by atoms with Gasteiger partial charge in [0.05, 0.1) is 38.6 Å². The molecule has 14 N–H and O–H groups in total. The molecule has 1 amide bonds. The predicted octanol–water partition coefficient (Wildman–Crippen LogP) is -7.28. The van der Waals surface area contributed by atoms with Crippen LogP contribution in [0.1, 0.15) is 20.3 Å². The number of amides is 1. The lowest BCUT2D eigenvalue weighted by atomic mass is 9.84. The number of nitrogens with one attached hydrogen (secondary N) is 1. The molecule has 4 fully saturated rings. The molecule has 4 aliphatic heterocycles. The van der Waals surface area contributed by atoms with Crippen LogP contribution in [-0.4, -0.2) is 234 Å². The number of carboxylic acid groups (broad SMARTS) is 1. The summed E-state index contributed by atoms with van der Waals surface area (Å²) in [6, 6.07) is -1.59. The molecule has 0 bridgehead atoms. The largest absolute Gasteiger partial charge is 0.477 e. The molecule has 0 radical (unpaired) electrons. The van der Waals surface area contributed by atoms with Crippen LogP contribution in [0.4, 0.5) is 0 Å². The summed E-state index contributed by atoms with van der Waals surface area (Å²) >= 11 is 0. The topological polar surface area (TPSA) is 383 Å². The Kier molecular flexibility index (Phi) is 17.7. The highest BCUT2D eigenvalue weighted by molar-refractivity contribution is 8.10. The number of rotatable bonds is 16. The molecule has 4 aliphatic rings. The number of carbonyl (C=O) groups is 2. The summed E-state index contributed by atoms with van der Waals surface area (Å²) < 4.78 is 45.6. The quantitative estimate of drug-likeness (QED) is 0.0641. The lowest BCUT2D eigenvalue weighted by molar-refractivity contribution is -0.372. The second kappa shape index (κ2) is 20.7. The van der Waals surface area contributed by atoms with Crippen LogP contribution in [0.25, 0.3) is 0 Å². The minimum absolute atomic E-state index is 0.701. The molecule has 26 heteroatoms. The molecule has 23 atom stereocenters. The number of hydrogen-bond acceptors (Lipinski definition) is 22. The maximum absolute atomic E-state index is 12.5. The zero-order chi connectivity index (χ0) is 42.7. The second-order valence-corrected chi connectivity index (χ2v) is 17.8. The van der Waals surface area contributed by atoms with Gasteiger partial charge in [0.1, 0.15) is 85.4 Å². The van der Waals surface area contributed by atoms with E-state index in [1.54, 1.807) is 6.66 Å². The summed E-state index contributed by atoms with van der Waals surface area (Å²) in [6.45, 7) is 0.591. The van der Waals surface area contributed by atoms with Gasteiger partial charge in [0.15, 0.2) is 18.9 Å². The summed E-state index contributed by atoms with van der Waals surface area (Å²) in [5, 5.41) is 138. The first-order chi connectivity index (χ1) is 26.7. The highest BCUT2D eigenvalue weighted by Crippen LogP contribution is 2.45. The average Bonchev–Trinajstić information content (AvgIpc) is 3.16. The Hall–Kier alpha value is -1.00. The number of hydrogen-bond donors (Lipinski definition) is 14. The first kappa shape index (κ1) is 48.7. The van der Waals surface area contributed by atoms with Gasteiger partial charge in [0.2, 0.25) is 5.91 Å². The molecule has 0 spiro atoms. The summed E-state index contributed by atoms with van der Waals surface area (Å²) in [5.74, 6) is -6.27. The van der Waals surface area contributed by atoms with E-state index >= 15 is 0 Å². The van der Waals surface area contributed by atoms with Gasteiger partial charge in [-0.25, -0.2) is 4.79 Å². The maximum Gasteiger partial charge on any atom is 0.364 e. The van der Waals surface area contributed by atoms with Crippen molar-refractivity contribution >= 4 is 28.6 Å². The molecule has 9 unspecified atom stereocenters. The molecule has 57 heavy (non-hydrogen) atoms. The number of aliphatic hydroxyl groups is 12. The number of aliphatic carboxylic acids is 1. The van der Waals surface area contributed by atoms with Gasteiger partial charge in [0.25, 0.3) is 5.79 Å². The van der Waals surface area contributed by atoms with E-state index in [9.17, 15) is 76.0 Å². The van der Waals surface area contributed by atoms with Crippen molar-refractivity contribution in [2.75, 3.05) is 33.1 Å². The van der Waals surface area contributed by atoms with Crippen molar-refractivity contribution in [3.8, 4) is 0 Å². The molecule has 332 valence electrons. The second-order valence-electron chi connectivity index (χ2n) is 14.3. The summed E-state index contributed by atoms with van der Waals surface area (Å²) in [4.78, 5) is 24.8. The monoisotopic (exact) mass is 871 g/mol. The molecule has 4 saturated heterocycles. The van der Waals surface area contributed by atoms with E-state index < -0.39 is 181 Å². The van der Waals surface area contributed by atoms with Gasteiger partial charge in [-0.2, -0.15) is 0 Å². The fourth-order valence-corrected chi connectivity index (χ4v) is 7.80. The third-order valence-electron chi connectivity index (χ3n) is 10.2. The Balaban J connectivity index is 1.55. The zero-order valence-corrected chi connectivity index (χ0v) is 33.1. The molecule has 0 aromatic carbocycles. The first-order valence-corrected chi connectivity index (χ1v) is 21.2. The van der Waals surface area contributed by atoms with Gasteiger partial charge in [-0.05, 0) is 6.66 Å². The molecule has 0 aromatic rings. The van der Waals surface area contributed by atoms with Gasteiger partial charge in [-0.1, -0.05) is 15.9 Å². The fourth-order valence-electron chi connectivity index (χ4n) is 6.94. The predicted molar refractivity (Wildman–Crippen MR) is 187 cm³/mol. The van der Waals surface area contributed by atoms with Gasteiger partial charge in [-0.15, -0.1) is 0 Å². The first-order valence-electron chi connectivity index (χ1n) is 17.9. The number of carboxylic acids is 1. The number of aliphatic hydroxyl groups excluding tert-OH is 12. The third-order valence-corrected chi connectivity index (χ3v) is 11.1. The Morgan fingerprint density at radius 3 is 1.96 bits per heavy atom. The van der Waals surface area contributed by atoms with E-state index in [1.165, 1.54) is 6.92 Å². The van der Waals surface area contributed by atoms with Crippen molar-refractivity contribution in [1.82, 2.24) is 5.32 Å². The molecular weight excluding hydrogens is 816 g/mol. The van der Waals surface area contributed by atoms with Crippen molar-refractivity contribution in [3.05, 3.63) is 0 Å². The van der Waals surface area contributed by atoms with Crippen LogP contribution in [0.3, 0.4) is 0 Å². The van der Waals surface area contributed by atoms with Crippen molar-refractivity contribution < 1.29 is 114 Å². The molecule has 0 aromatic heterocycles. The molecular formula is C31H55NO23P2. The highest BCUT2D eigenvalue weighted by Gasteiger charge is 2.57. The molecule has 4 heterocycles. The SMILES string of the molecule is CC(=O)NC1[C@H](OC2[C@@H](OP(C)P)OC(CO)[C@@H](O)[C@@H]2O)OC(CO)[C@@H](O[C@@H]2OC(CO[C@]3(C(=O)O)C[C@@H](O)[C@@H](C)C([C@H](O)[C@H](O)CO)O3)[C@H](O)[C@H](O)C2O)[C@@H]1O. The van der Waals surface area contributed by atoms with E-state index in [2.05, 4.69) is 14.2 Å². The maximum atomic E-state index is 12.5.